The smallest absolute Gasteiger partial charge is 0.345 e. The third kappa shape index (κ3) is 3.14. The number of nitro groups is 1. The molecule has 0 amide bonds. The lowest BCUT2D eigenvalue weighted by molar-refractivity contribution is -0.380. The lowest BCUT2D eigenvalue weighted by atomic mass is 10.1. The highest BCUT2D eigenvalue weighted by Crippen LogP contribution is 2.30. The van der Waals surface area contributed by atoms with E-state index in [9.17, 15) is 14.5 Å². The Morgan fingerprint density at radius 1 is 1.50 bits per heavy atom. The summed E-state index contributed by atoms with van der Waals surface area (Å²) >= 11 is 1.03. The molecule has 1 saturated heterocycles. The molecule has 116 valence electrons. The summed E-state index contributed by atoms with van der Waals surface area (Å²) in [7, 11) is 0. The molecule has 9 heteroatoms. The molecule has 1 atom stereocenters. The van der Waals surface area contributed by atoms with Gasteiger partial charge in [-0.05, 0) is 36.3 Å². The van der Waals surface area contributed by atoms with Crippen molar-refractivity contribution in [2.75, 3.05) is 18.0 Å². The fraction of sp³-hybridized carbons (Fsp3) is 0.385. The van der Waals surface area contributed by atoms with Crippen LogP contribution in [-0.2, 0) is 0 Å². The van der Waals surface area contributed by atoms with Crippen molar-refractivity contribution in [3.8, 4) is 5.88 Å². The standard InChI is InChI=1S/C13H13FN4O3S/c14-10-4-1-5-15-12(10)21-9-3-2-6-17(8-9)13-16-7-11(22-13)18(19)20/h1,4-5,7,9H,2-3,6,8H2/t9-/m1/s1. The van der Waals surface area contributed by atoms with Crippen LogP contribution in [0.3, 0.4) is 0 Å². The molecule has 1 aliphatic heterocycles. The van der Waals surface area contributed by atoms with E-state index in [-0.39, 0.29) is 17.0 Å². The molecule has 1 fully saturated rings. The predicted molar refractivity (Wildman–Crippen MR) is 78.8 cm³/mol. The molecule has 0 spiro atoms. The molecule has 0 radical (unpaired) electrons. The van der Waals surface area contributed by atoms with Crippen LogP contribution >= 0.6 is 11.3 Å². The van der Waals surface area contributed by atoms with Gasteiger partial charge in [0.15, 0.2) is 10.9 Å². The van der Waals surface area contributed by atoms with E-state index in [0.29, 0.717) is 11.7 Å². The number of hydrogen-bond donors (Lipinski definition) is 0. The van der Waals surface area contributed by atoms with E-state index >= 15 is 0 Å². The van der Waals surface area contributed by atoms with Gasteiger partial charge in [0.1, 0.15) is 12.3 Å². The van der Waals surface area contributed by atoms with Crippen LogP contribution in [0.15, 0.2) is 24.5 Å². The number of rotatable bonds is 4. The van der Waals surface area contributed by atoms with E-state index in [2.05, 4.69) is 9.97 Å². The molecule has 7 nitrogen and oxygen atoms in total. The van der Waals surface area contributed by atoms with Crippen LogP contribution in [0.5, 0.6) is 5.88 Å². The molecule has 0 unspecified atom stereocenters. The molecule has 0 bridgehead atoms. The number of thiazole rings is 1. The van der Waals surface area contributed by atoms with Gasteiger partial charge in [-0.1, -0.05) is 0 Å². The Morgan fingerprint density at radius 3 is 3.09 bits per heavy atom. The van der Waals surface area contributed by atoms with Crippen molar-refractivity contribution in [3.63, 3.8) is 0 Å². The van der Waals surface area contributed by atoms with Crippen molar-refractivity contribution in [3.05, 3.63) is 40.5 Å². The van der Waals surface area contributed by atoms with E-state index in [0.717, 1.165) is 30.7 Å². The fourth-order valence-electron chi connectivity index (χ4n) is 2.31. The van der Waals surface area contributed by atoms with E-state index in [1.54, 1.807) is 0 Å². The fourth-order valence-corrected chi connectivity index (χ4v) is 3.08. The van der Waals surface area contributed by atoms with Crippen LogP contribution in [0, 0.1) is 15.9 Å². The van der Waals surface area contributed by atoms with Crippen molar-refractivity contribution in [2.45, 2.75) is 18.9 Å². The van der Waals surface area contributed by atoms with Gasteiger partial charge in [0, 0.05) is 12.7 Å². The highest BCUT2D eigenvalue weighted by molar-refractivity contribution is 7.18. The summed E-state index contributed by atoms with van der Waals surface area (Å²) in [5.41, 5.74) is 0. The van der Waals surface area contributed by atoms with E-state index in [4.69, 9.17) is 4.74 Å². The minimum atomic E-state index is -0.496. The predicted octanol–water partition coefficient (Wildman–Crippen LogP) is 2.63. The van der Waals surface area contributed by atoms with Gasteiger partial charge in [-0.2, -0.15) is 0 Å². The monoisotopic (exact) mass is 324 g/mol. The van der Waals surface area contributed by atoms with Crippen LogP contribution in [0.4, 0.5) is 14.5 Å². The van der Waals surface area contributed by atoms with Crippen molar-refractivity contribution in [1.82, 2.24) is 9.97 Å². The highest BCUT2D eigenvalue weighted by atomic mass is 32.1. The molecular formula is C13H13FN4O3S. The molecule has 1 aliphatic rings. The zero-order valence-electron chi connectivity index (χ0n) is 11.5. The number of anilines is 1. The third-order valence-corrected chi connectivity index (χ3v) is 4.32. The second kappa shape index (κ2) is 6.22. The molecule has 0 saturated carbocycles. The average Bonchev–Trinajstić information content (AvgIpc) is 3.00. The van der Waals surface area contributed by atoms with Crippen LogP contribution in [-0.4, -0.2) is 34.1 Å². The molecule has 0 aliphatic carbocycles. The Hall–Kier alpha value is -2.29. The van der Waals surface area contributed by atoms with Gasteiger partial charge >= 0.3 is 5.00 Å². The number of hydrogen-bond acceptors (Lipinski definition) is 7. The average molecular weight is 324 g/mol. The molecule has 2 aromatic heterocycles. The Labute approximate surface area is 129 Å². The van der Waals surface area contributed by atoms with E-state index in [1.807, 2.05) is 4.90 Å². The van der Waals surface area contributed by atoms with Crippen LogP contribution < -0.4 is 9.64 Å². The maximum Gasteiger partial charge on any atom is 0.345 e. The molecule has 22 heavy (non-hydrogen) atoms. The molecule has 0 aromatic carbocycles. The van der Waals surface area contributed by atoms with Gasteiger partial charge < -0.3 is 9.64 Å². The topological polar surface area (TPSA) is 81.4 Å². The minimum Gasteiger partial charge on any atom is -0.470 e. The summed E-state index contributed by atoms with van der Waals surface area (Å²) in [5.74, 6) is -0.510. The van der Waals surface area contributed by atoms with Gasteiger partial charge in [0.25, 0.3) is 5.88 Å². The Kier molecular flexibility index (Phi) is 4.14. The third-order valence-electron chi connectivity index (χ3n) is 3.31. The second-order valence-electron chi connectivity index (χ2n) is 4.86. The summed E-state index contributed by atoms with van der Waals surface area (Å²) in [6.45, 7) is 1.25. The van der Waals surface area contributed by atoms with E-state index in [1.165, 1.54) is 24.5 Å². The van der Waals surface area contributed by atoms with Crippen molar-refractivity contribution in [1.29, 1.82) is 0 Å². The van der Waals surface area contributed by atoms with Crippen LogP contribution in [0.1, 0.15) is 12.8 Å². The Morgan fingerprint density at radius 2 is 2.36 bits per heavy atom. The summed E-state index contributed by atoms with van der Waals surface area (Å²) in [6, 6.07) is 2.80. The van der Waals surface area contributed by atoms with Gasteiger partial charge in [0.2, 0.25) is 0 Å². The summed E-state index contributed by atoms with van der Waals surface area (Å²) in [5, 5.41) is 11.3. The molecule has 3 rings (SSSR count). The van der Waals surface area contributed by atoms with Gasteiger partial charge in [-0.3, -0.25) is 10.1 Å². The number of ether oxygens (including phenoxy) is 1. The maximum atomic E-state index is 13.6. The first-order valence-electron chi connectivity index (χ1n) is 6.76. The van der Waals surface area contributed by atoms with Crippen molar-refractivity contribution in [2.24, 2.45) is 0 Å². The quantitative estimate of drug-likeness (QED) is 0.635. The van der Waals surface area contributed by atoms with Gasteiger partial charge in [-0.25, -0.2) is 14.4 Å². The normalized spacial score (nSPS) is 18.2. The maximum absolute atomic E-state index is 13.6. The summed E-state index contributed by atoms with van der Waals surface area (Å²) < 4.78 is 19.2. The van der Waals surface area contributed by atoms with Crippen LogP contribution in [0.25, 0.3) is 0 Å². The lowest BCUT2D eigenvalue weighted by Crippen LogP contribution is -2.41. The summed E-state index contributed by atoms with van der Waals surface area (Å²) in [6.07, 6.45) is 4.12. The second-order valence-corrected chi connectivity index (χ2v) is 5.84. The molecule has 0 N–H and O–H groups in total. The number of piperidine rings is 1. The van der Waals surface area contributed by atoms with Gasteiger partial charge in [0.05, 0.1) is 11.5 Å². The zero-order chi connectivity index (χ0) is 15.5. The first-order valence-corrected chi connectivity index (χ1v) is 7.57. The molecular weight excluding hydrogens is 311 g/mol. The number of pyridine rings is 1. The van der Waals surface area contributed by atoms with E-state index < -0.39 is 10.7 Å². The number of halogens is 1. The molecule has 2 aromatic rings. The van der Waals surface area contributed by atoms with Gasteiger partial charge in [-0.15, -0.1) is 0 Å². The Bertz CT molecular complexity index is 681. The Balaban J connectivity index is 1.68. The SMILES string of the molecule is O=[N+]([O-])c1cnc(N2CCC[C@@H](Oc3ncccc3F)C2)s1. The summed E-state index contributed by atoms with van der Waals surface area (Å²) in [4.78, 5) is 20.1. The largest absolute Gasteiger partial charge is 0.470 e. The first kappa shape index (κ1) is 14.6. The van der Waals surface area contributed by atoms with Crippen LogP contribution in [0.2, 0.25) is 0 Å². The number of nitrogens with zero attached hydrogens (tertiary/aromatic N) is 4. The minimum absolute atomic E-state index is 0.00816. The van der Waals surface area contributed by atoms with Crippen molar-refractivity contribution < 1.29 is 14.1 Å². The first-order chi connectivity index (χ1) is 10.6. The lowest BCUT2D eigenvalue weighted by Gasteiger charge is -2.32. The highest BCUT2D eigenvalue weighted by Gasteiger charge is 2.26. The zero-order valence-corrected chi connectivity index (χ0v) is 12.3. The number of aromatic nitrogens is 2. The van der Waals surface area contributed by atoms with Crippen molar-refractivity contribution >= 4 is 21.5 Å². The molecule has 3 heterocycles.